The molecular formula is C11H19FN4. The minimum Gasteiger partial charge on any atom is -0.367 e. The van der Waals surface area contributed by atoms with E-state index in [-0.39, 0.29) is 11.6 Å². The highest BCUT2D eigenvalue weighted by molar-refractivity contribution is 5.36. The van der Waals surface area contributed by atoms with Crippen LogP contribution in [0, 0.1) is 18.7 Å². The third-order valence-corrected chi connectivity index (χ3v) is 2.67. The molecule has 0 aliphatic heterocycles. The first-order valence-corrected chi connectivity index (χ1v) is 5.60. The summed E-state index contributed by atoms with van der Waals surface area (Å²) in [6, 6.07) is 0. The summed E-state index contributed by atoms with van der Waals surface area (Å²) in [5.41, 5.74) is 5.87. The summed E-state index contributed by atoms with van der Waals surface area (Å²) < 4.78 is 13.5. The van der Waals surface area contributed by atoms with E-state index in [0.29, 0.717) is 24.7 Å². The van der Waals surface area contributed by atoms with Gasteiger partial charge in [-0.05, 0) is 25.8 Å². The summed E-state index contributed by atoms with van der Waals surface area (Å²) in [4.78, 5) is 7.65. The maximum Gasteiger partial charge on any atom is 0.186 e. The molecule has 1 aromatic heterocycles. The lowest BCUT2D eigenvalue weighted by atomic mass is 10.0. The Morgan fingerprint density at radius 1 is 1.50 bits per heavy atom. The van der Waals surface area contributed by atoms with Crippen molar-refractivity contribution in [2.24, 2.45) is 11.7 Å². The molecule has 0 spiro atoms. The van der Waals surface area contributed by atoms with E-state index in [1.165, 1.54) is 6.33 Å². The number of halogens is 1. The Morgan fingerprint density at radius 2 is 2.25 bits per heavy atom. The maximum atomic E-state index is 13.5. The van der Waals surface area contributed by atoms with Crippen molar-refractivity contribution >= 4 is 5.82 Å². The second kappa shape index (κ2) is 6.37. The summed E-state index contributed by atoms with van der Waals surface area (Å²) in [6.45, 7) is 5.08. The molecule has 0 saturated heterocycles. The van der Waals surface area contributed by atoms with Crippen LogP contribution < -0.4 is 11.1 Å². The molecule has 0 amide bonds. The van der Waals surface area contributed by atoms with Gasteiger partial charge in [0.2, 0.25) is 0 Å². The van der Waals surface area contributed by atoms with Crippen LogP contribution in [0.5, 0.6) is 0 Å². The lowest BCUT2D eigenvalue weighted by molar-refractivity contribution is 0.498. The zero-order valence-electron chi connectivity index (χ0n) is 9.83. The van der Waals surface area contributed by atoms with Crippen LogP contribution in [0.25, 0.3) is 0 Å². The summed E-state index contributed by atoms with van der Waals surface area (Å²) in [6.07, 6.45) is 3.33. The topological polar surface area (TPSA) is 63.8 Å². The fourth-order valence-electron chi connectivity index (χ4n) is 1.51. The first-order chi connectivity index (χ1) is 7.69. The van der Waals surface area contributed by atoms with Crippen LogP contribution in [0.4, 0.5) is 10.2 Å². The average molecular weight is 226 g/mol. The molecule has 0 fully saturated rings. The second-order valence-corrected chi connectivity index (χ2v) is 3.85. The van der Waals surface area contributed by atoms with Gasteiger partial charge < -0.3 is 11.1 Å². The highest BCUT2D eigenvalue weighted by Gasteiger charge is 2.10. The van der Waals surface area contributed by atoms with Crippen molar-refractivity contribution in [2.75, 3.05) is 18.4 Å². The fourth-order valence-corrected chi connectivity index (χ4v) is 1.51. The van der Waals surface area contributed by atoms with E-state index in [4.69, 9.17) is 5.73 Å². The number of aromatic nitrogens is 2. The smallest absolute Gasteiger partial charge is 0.186 e. The molecule has 1 aromatic rings. The van der Waals surface area contributed by atoms with Gasteiger partial charge in [0.15, 0.2) is 11.6 Å². The first kappa shape index (κ1) is 12.8. The number of hydrogen-bond acceptors (Lipinski definition) is 4. The largest absolute Gasteiger partial charge is 0.367 e. The van der Waals surface area contributed by atoms with E-state index < -0.39 is 0 Å². The quantitative estimate of drug-likeness (QED) is 0.775. The van der Waals surface area contributed by atoms with E-state index in [1.54, 1.807) is 6.92 Å². The lowest BCUT2D eigenvalue weighted by Gasteiger charge is -2.15. The number of nitrogens with two attached hydrogens (primary N) is 1. The zero-order chi connectivity index (χ0) is 12.0. The maximum absolute atomic E-state index is 13.5. The van der Waals surface area contributed by atoms with Crippen LogP contribution >= 0.6 is 0 Å². The summed E-state index contributed by atoms with van der Waals surface area (Å²) in [5.74, 6) is 0.368. The monoisotopic (exact) mass is 226 g/mol. The molecule has 1 heterocycles. The number of anilines is 1. The molecule has 0 bridgehead atoms. The number of aryl methyl sites for hydroxylation is 1. The van der Waals surface area contributed by atoms with Gasteiger partial charge in [-0.2, -0.15) is 0 Å². The van der Waals surface area contributed by atoms with Gasteiger partial charge in [-0.3, -0.25) is 0 Å². The highest BCUT2D eigenvalue weighted by atomic mass is 19.1. The molecule has 16 heavy (non-hydrogen) atoms. The van der Waals surface area contributed by atoms with Crippen LogP contribution in [0.3, 0.4) is 0 Å². The minimum absolute atomic E-state index is 0.281. The number of rotatable bonds is 6. The Balaban J connectivity index is 2.56. The van der Waals surface area contributed by atoms with Gasteiger partial charge in [-0.1, -0.05) is 13.3 Å². The Hall–Kier alpha value is -1.23. The van der Waals surface area contributed by atoms with E-state index in [0.717, 1.165) is 12.8 Å². The molecule has 1 rings (SSSR count). The van der Waals surface area contributed by atoms with Crippen LogP contribution in [0.1, 0.15) is 25.5 Å². The van der Waals surface area contributed by atoms with Gasteiger partial charge in [-0.25, -0.2) is 14.4 Å². The summed E-state index contributed by atoms with van der Waals surface area (Å²) in [7, 11) is 0. The molecule has 0 aromatic carbocycles. The van der Waals surface area contributed by atoms with Crippen molar-refractivity contribution in [3.63, 3.8) is 0 Å². The molecular weight excluding hydrogens is 207 g/mol. The van der Waals surface area contributed by atoms with Gasteiger partial charge in [0.1, 0.15) is 6.33 Å². The van der Waals surface area contributed by atoms with E-state index in [9.17, 15) is 4.39 Å². The molecule has 0 saturated carbocycles. The van der Waals surface area contributed by atoms with Crippen LogP contribution in [-0.2, 0) is 0 Å². The Labute approximate surface area is 95.5 Å². The third-order valence-electron chi connectivity index (χ3n) is 2.67. The second-order valence-electron chi connectivity index (χ2n) is 3.85. The van der Waals surface area contributed by atoms with Crippen molar-refractivity contribution < 1.29 is 4.39 Å². The Bertz CT molecular complexity index is 330. The van der Waals surface area contributed by atoms with Crippen molar-refractivity contribution in [2.45, 2.75) is 26.7 Å². The van der Waals surface area contributed by atoms with Gasteiger partial charge >= 0.3 is 0 Å². The van der Waals surface area contributed by atoms with Crippen LogP contribution in [0.15, 0.2) is 6.33 Å². The van der Waals surface area contributed by atoms with E-state index in [1.807, 2.05) is 0 Å². The van der Waals surface area contributed by atoms with Gasteiger partial charge in [0.05, 0.1) is 5.69 Å². The number of nitrogens with one attached hydrogen (secondary N) is 1. The lowest BCUT2D eigenvalue weighted by Crippen LogP contribution is -2.18. The normalized spacial score (nSPS) is 12.5. The molecule has 90 valence electrons. The van der Waals surface area contributed by atoms with Gasteiger partial charge in [0.25, 0.3) is 0 Å². The summed E-state index contributed by atoms with van der Waals surface area (Å²) >= 11 is 0. The standard InChI is InChI=1S/C11H19FN4/c1-3-9(4-5-13)6-14-11-10(12)8(2)15-7-16-11/h7,9H,3-6,13H2,1-2H3,(H,14,15,16). The molecule has 0 aliphatic carbocycles. The predicted molar refractivity (Wildman–Crippen MR) is 62.7 cm³/mol. The molecule has 0 radical (unpaired) electrons. The van der Waals surface area contributed by atoms with Gasteiger partial charge in [0, 0.05) is 6.54 Å². The molecule has 4 nitrogen and oxygen atoms in total. The molecule has 3 N–H and O–H groups in total. The third kappa shape index (κ3) is 3.41. The Kier molecular flexibility index (Phi) is 5.11. The van der Waals surface area contributed by atoms with Crippen molar-refractivity contribution in [3.05, 3.63) is 17.8 Å². The average Bonchev–Trinajstić information content (AvgIpc) is 2.29. The van der Waals surface area contributed by atoms with Gasteiger partial charge in [-0.15, -0.1) is 0 Å². The predicted octanol–water partition coefficient (Wildman–Crippen LogP) is 1.71. The van der Waals surface area contributed by atoms with E-state index >= 15 is 0 Å². The molecule has 5 heteroatoms. The molecule has 0 aliphatic rings. The zero-order valence-corrected chi connectivity index (χ0v) is 9.83. The highest BCUT2D eigenvalue weighted by Crippen LogP contribution is 2.14. The van der Waals surface area contributed by atoms with Crippen LogP contribution in [-0.4, -0.2) is 23.1 Å². The molecule has 1 unspecified atom stereocenters. The Morgan fingerprint density at radius 3 is 2.88 bits per heavy atom. The van der Waals surface area contributed by atoms with Crippen molar-refractivity contribution in [1.29, 1.82) is 0 Å². The van der Waals surface area contributed by atoms with Crippen LogP contribution in [0.2, 0.25) is 0 Å². The summed E-state index contributed by atoms with van der Waals surface area (Å²) in [5, 5.41) is 3.01. The first-order valence-electron chi connectivity index (χ1n) is 5.60. The SMILES string of the molecule is CCC(CCN)CNc1ncnc(C)c1F. The molecule has 1 atom stereocenters. The fraction of sp³-hybridized carbons (Fsp3) is 0.636. The van der Waals surface area contributed by atoms with Crippen molar-refractivity contribution in [1.82, 2.24) is 9.97 Å². The minimum atomic E-state index is -0.370. The van der Waals surface area contributed by atoms with E-state index in [2.05, 4.69) is 22.2 Å². The van der Waals surface area contributed by atoms with Crippen molar-refractivity contribution in [3.8, 4) is 0 Å². The number of hydrogen-bond donors (Lipinski definition) is 2. The number of nitrogens with zero attached hydrogens (tertiary/aromatic N) is 2.